The van der Waals surface area contributed by atoms with E-state index in [4.69, 9.17) is 10.5 Å². The Bertz CT molecular complexity index is 1530. The summed E-state index contributed by atoms with van der Waals surface area (Å²) in [6.45, 7) is 8.23. The molecule has 2 aliphatic carbocycles. The Morgan fingerprint density at radius 3 is 2.00 bits per heavy atom. The van der Waals surface area contributed by atoms with Crippen molar-refractivity contribution in [1.29, 1.82) is 0 Å². The van der Waals surface area contributed by atoms with E-state index in [1.165, 1.54) is 0 Å². The van der Waals surface area contributed by atoms with Crippen LogP contribution in [0, 0.1) is 0 Å². The van der Waals surface area contributed by atoms with Crippen LogP contribution >= 0.6 is 0 Å². The highest BCUT2D eigenvalue weighted by Crippen LogP contribution is 2.35. The Hall–Kier alpha value is -4.53. The Balaban J connectivity index is 0.000000192. The molecule has 0 unspecified atom stereocenters. The lowest BCUT2D eigenvalue weighted by molar-refractivity contribution is -0.123. The van der Waals surface area contributed by atoms with Gasteiger partial charge in [0, 0.05) is 29.7 Å². The van der Waals surface area contributed by atoms with Gasteiger partial charge in [0.25, 0.3) is 17.7 Å². The molecule has 4 aliphatic rings. The number of Topliss-reactive ketones (excluding diaryl/α,β-unsaturated/α-hetero) is 2. The smallest absolute Gasteiger partial charge is 0.264 e. The number of ketones is 2. The van der Waals surface area contributed by atoms with Crippen molar-refractivity contribution in [3.8, 4) is 5.75 Å². The number of rotatable bonds is 3. The van der Waals surface area contributed by atoms with E-state index in [-0.39, 0.29) is 54.2 Å². The minimum Gasteiger partial charge on any atom is -0.496 e. The number of carbonyl (C=O) groups excluding carboxylic acids is 5. The second-order valence-corrected chi connectivity index (χ2v) is 11.3. The molecule has 2 atom stereocenters. The van der Waals surface area contributed by atoms with Gasteiger partial charge in [-0.3, -0.25) is 28.9 Å². The molecule has 6 rings (SSSR count). The number of amides is 3. The van der Waals surface area contributed by atoms with Gasteiger partial charge in [-0.25, -0.2) is 0 Å². The number of nitrogen functional groups attached to an aromatic ring is 1. The number of methoxy groups -OCH3 is 1. The van der Waals surface area contributed by atoms with Crippen LogP contribution in [0.1, 0.15) is 95.4 Å². The summed E-state index contributed by atoms with van der Waals surface area (Å²) in [6.07, 6.45) is 5.12. The van der Waals surface area contributed by atoms with Crippen LogP contribution in [0.3, 0.4) is 0 Å². The van der Waals surface area contributed by atoms with Crippen LogP contribution in [0.25, 0.3) is 0 Å². The average molecular weight is 586 g/mol. The van der Waals surface area contributed by atoms with Crippen LogP contribution in [0.4, 0.5) is 5.69 Å². The third-order valence-corrected chi connectivity index (χ3v) is 8.45. The van der Waals surface area contributed by atoms with Gasteiger partial charge in [0.05, 0.1) is 36.9 Å². The summed E-state index contributed by atoms with van der Waals surface area (Å²) in [4.78, 5) is 65.1. The SMILES string of the molecule is C.C=C1CCC[C@@H](N2C(=O)c3cccc(N)c3C2=O)C(=O)C1.C=C1CCC[C@H](N2Cc3c(OC)cccc3C2=O)C(=O)C1. The molecule has 2 aromatic carbocycles. The third-order valence-electron chi connectivity index (χ3n) is 8.45. The first-order valence-corrected chi connectivity index (χ1v) is 14.2. The van der Waals surface area contributed by atoms with Crippen molar-refractivity contribution in [3.05, 3.63) is 83.0 Å². The standard InChI is InChI=1S/C17H19NO3.C16H16N2O3.CH4/c1-11-5-3-7-14(15(19)9-11)18-10-13-12(17(18)20)6-4-8-16(13)21-2;1-9-4-2-7-12(13(19)8-9)18-15(20)10-5-3-6-11(17)14(10)16(18)21;/h4,6,8,14H,1,3,5,7,9-10H2,2H3;3,5-6,12H,1-2,4,7-8,17H2;1H4/t14-;12-;/m01./s1. The van der Waals surface area contributed by atoms with Crippen LogP contribution in [0.5, 0.6) is 5.75 Å². The quantitative estimate of drug-likeness (QED) is 0.224. The summed E-state index contributed by atoms with van der Waals surface area (Å²) >= 11 is 0. The molecule has 0 radical (unpaired) electrons. The van der Waals surface area contributed by atoms with E-state index >= 15 is 0 Å². The molecule has 0 aromatic heterocycles. The molecular formula is C34H39N3O6. The molecule has 2 aliphatic heterocycles. The zero-order valence-electron chi connectivity index (χ0n) is 23.8. The average Bonchev–Trinajstić information content (AvgIpc) is 3.26. The third kappa shape index (κ3) is 5.89. The molecule has 43 heavy (non-hydrogen) atoms. The lowest BCUT2D eigenvalue weighted by Gasteiger charge is -2.25. The largest absolute Gasteiger partial charge is 0.496 e. The lowest BCUT2D eigenvalue weighted by atomic mass is 10.1. The number of allylic oxidation sites excluding steroid dienone is 2. The number of nitrogens with zero attached hydrogens (tertiary/aromatic N) is 2. The first kappa shape index (κ1) is 31.4. The topological polar surface area (TPSA) is 127 Å². The number of imide groups is 1. The molecule has 0 bridgehead atoms. The molecule has 2 N–H and O–H groups in total. The van der Waals surface area contributed by atoms with Crippen molar-refractivity contribution in [3.63, 3.8) is 0 Å². The molecule has 3 amide bonds. The Morgan fingerprint density at radius 2 is 1.37 bits per heavy atom. The number of nitrogens with two attached hydrogens (primary N) is 1. The molecular weight excluding hydrogens is 546 g/mol. The second kappa shape index (κ2) is 12.8. The summed E-state index contributed by atoms with van der Waals surface area (Å²) in [5.41, 5.74) is 9.97. The highest BCUT2D eigenvalue weighted by atomic mass is 16.5. The zero-order valence-corrected chi connectivity index (χ0v) is 23.8. The minimum absolute atomic E-state index is 0. The van der Waals surface area contributed by atoms with E-state index in [1.54, 1.807) is 36.3 Å². The zero-order chi connectivity index (χ0) is 30.1. The van der Waals surface area contributed by atoms with E-state index < -0.39 is 17.9 Å². The first-order chi connectivity index (χ1) is 20.1. The summed E-state index contributed by atoms with van der Waals surface area (Å²) in [5.74, 6) is -0.237. The van der Waals surface area contributed by atoms with Gasteiger partial charge in [0.15, 0.2) is 11.6 Å². The van der Waals surface area contributed by atoms with E-state index in [0.717, 1.165) is 53.7 Å². The summed E-state index contributed by atoms with van der Waals surface area (Å²) in [7, 11) is 1.60. The second-order valence-electron chi connectivity index (χ2n) is 11.3. The summed E-state index contributed by atoms with van der Waals surface area (Å²) in [5, 5.41) is 0. The fourth-order valence-electron chi connectivity index (χ4n) is 6.30. The van der Waals surface area contributed by atoms with E-state index in [1.807, 2.05) is 12.1 Å². The molecule has 2 saturated carbocycles. The van der Waals surface area contributed by atoms with E-state index in [2.05, 4.69) is 13.2 Å². The maximum atomic E-state index is 12.6. The number of fused-ring (bicyclic) bond motifs is 2. The van der Waals surface area contributed by atoms with Crippen LogP contribution < -0.4 is 10.5 Å². The summed E-state index contributed by atoms with van der Waals surface area (Å²) < 4.78 is 5.33. The van der Waals surface area contributed by atoms with Crippen molar-refractivity contribution in [2.24, 2.45) is 0 Å². The van der Waals surface area contributed by atoms with Gasteiger partial charge in [-0.1, -0.05) is 43.9 Å². The van der Waals surface area contributed by atoms with Gasteiger partial charge in [0.2, 0.25) is 0 Å². The van der Waals surface area contributed by atoms with Gasteiger partial charge >= 0.3 is 0 Å². The van der Waals surface area contributed by atoms with Crippen LogP contribution in [-0.4, -0.2) is 58.3 Å². The molecule has 9 heteroatoms. The van der Waals surface area contributed by atoms with Gasteiger partial charge < -0.3 is 15.4 Å². The number of benzene rings is 2. The van der Waals surface area contributed by atoms with Crippen molar-refractivity contribution in [2.75, 3.05) is 12.8 Å². The summed E-state index contributed by atoms with van der Waals surface area (Å²) in [6, 6.07) is 9.25. The fourth-order valence-corrected chi connectivity index (χ4v) is 6.30. The van der Waals surface area contributed by atoms with Gasteiger partial charge in [-0.05, 0) is 62.8 Å². The molecule has 226 valence electrons. The molecule has 2 heterocycles. The van der Waals surface area contributed by atoms with Crippen molar-refractivity contribution in [2.45, 2.75) is 77.4 Å². The molecule has 0 saturated heterocycles. The van der Waals surface area contributed by atoms with E-state index in [0.29, 0.717) is 30.7 Å². The van der Waals surface area contributed by atoms with Gasteiger partial charge in [0.1, 0.15) is 5.75 Å². The predicted octanol–water partition coefficient (Wildman–Crippen LogP) is 5.29. The molecule has 9 nitrogen and oxygen atoms in total. The van der Waals surface area contributed by atoms with Crippen molar-refractivity contribution >= 4 is 35.0 Å². The molecule has 0 spiro atoms. The molecule has 2 aromatic rings. The molecule has 2 fully saturated rings. The van der Waals surface area contributed by atoms with Crippen LogP contribution in [0.2, 0.25) is 0 Å². The monoisotopic (exact) mass is 585 g/mol. The van der Waals surface area contributed by atoms with Crippen molar-refractivity contribution < 1.29 is 28.7 Å². The number of hydrogen-bond acceptors (Lipinski definition) is 7. The Kier molecular flexibility index (Phi) is 9.33. The highest BCUT2D eigenvalue weighted by Gasteiger charge is 2.44. The fraction of sp³-hybridized carbons (Fsp3) is 0.382. The van der Waals surface area contributed by atoms with E-state index in [9.17, 15) is 24.0 Å². The van der Waals surface area contributed by atoms with Crippen LogP contribution in [-0.2, 0) is 16.1 Å². The maximum Gasteiger partial charge on any atom is 0.264 e. The lowest BCUT2D eigenvalue weighted by Crippen LogP contribution is -2.44. The number of carbonyl (C=O) groups is 5. The normalized spacial score (nSPS) is 21.8. The predicted molar refractivity (Wildman–Crippen MR) is 164 cm³/mol. The first-order valence-electron chi connectivity index (χ1n) is 14.2. The highest BCUT2D eigenvalue weighted by molar-refractivity contribution is 6.25. The van der Waals surface area contributed by atoms with Crippen LogP contribution in [0.15, 0.2) is 60.7 Å². The Labute approximate surface area is 252 Å². The number of hydrogen-bond donors (Lipinski definition) is 1. The minimum atomic E-state index is -0.698. The number of ether oxygens (including phenoxy) is 1. The van der Waals surface area contributed by atoms with Crippen molar-refractivity contribution in [1.82, 2.24) is 9.80 Å². The van der Waals surface area contributed by atoms with Gasteiger partial charge in [-0.15, -0.1) is 0 Å². The maximum absolute atomic E-state index is 12.6. The number of anilines is 1. The van der Waals surface area contributed by atoms with Gasteiger partial charge in [-0.2, -0.15) is 0 Å². The Morgan fingerprint density at radius 1 is 0.791 bits per heavy atom.